The molecular formula is C33H42FN3O2. The van der Waals surface area contributed by atoms with Gasteiger partial charge in [0.25, 0.3) is 0 Å². The third-order valence-electron chi connectivity index (χ3n) is 8.41. The van der Waals surface area contributed by atoms with Crippen molar-refractivity contribution in [1.29, 1.82) is 0 Å². The number of rotatable bonds is 11. The number of carbonyl (C=O) groups excluding carboxylic acids is 2. The largest absolute Gasteiger partial charge is 0.368 e. The normalized spacial score (nSPS) is 20.8. The number of primary amides is 1. The molecule has 208 valence electrons. The molecular weight excluding hydrogens is 489 g/mol. The highest BCUT2D eigenvalue weighted by Crippen LogP contribution is 2.34. The van der Waals surface area contributed by atoms with E-state index in [1.807, 2.05) is 66.7 Å². The van der Waals surface area contributed by atoms with Crippen molar-refractivity contribution >= 4 is 11.8 Å². The van der Waals surface area contributed by atoms with E-state index in [1.165, 1.54) is 38.2 Å². The fourth-order valence-corrected chi connectivity index (χ4v) is 6.24. The lowest BCUT2D eigenvalue weighted by Crippen LogP contribution is -2.46. The third-order valence-corrected chi connectivity index (χ3v) is 8.41. The van der Waals surface area contributed by atoms with Crippen LogP contribution in [0.2, 0.25) is 0 Å². The van der Waals surface area contributed by atoms with Gasteiger partial charge in [-0.1, -0.05) is 85.2 Å². The van der Waals surface area contributed by atoms with E-state index in [4.69, 9.17) is 5.73 Å². The molecule has 2 aliphatic rings. The number of hydrogen-bond donors (Lipinski definition) is 1. The van der Waals surface area contributed by atoms with Gasteiger partial charge in [-0.25, -0.2) is 4.39 Å². The summed E-state index contributed by atoms with van der Waals surface area (Å²) in [5.41, 5.74) is 8.98. The lowest BCUT2D eigenvalue weighted by Gasteiger charge is -2.29. The van der Waals surface area contributed by atoms with Crippen molar-refractivity contribution in [2.45, 2.75) is 69.9 Å². The van der Waals surface area contributed by atoms with Gasteiger partial charge in [0.1, 0.15) is 6.04 Å². The summed E-state index contributed by atoms with van der Waals surface area (Å²) >= 11 is 0. The quantitative estimate of drug-likeness (QED) is 0.363. The maximum Gasteiger partial charge on any atom is 0.240 e. The predicted octanol–water partition coefficient (Wildman–Crippen LogP) is 5.98. The summed E-state index contributed by atoms with van der Waals surface area (Å²) in [5, 5.41) is 0. The molecule has 1 heterocycles. The van der Waals surface area contributed by atoms with Crippen LogP contribution in [0.5, 0.6) is 0 Å². The molecule has 6 heteroatoms. The number of benzene rings is 2. The number of halogens is 1. The Balaban J connectivity index is 1.45. The molecule has 2 amide bonds. The number of likely N-dealkylation sites (tertiary alicyclic amines) is 1. The molecule has 39 heavy (non-hydrogen) atoms. The first-order valence-corrected chi connectivity index (χ1v) is 14.3. The van der Waals surface area contributed by atoms with E-state index in [0.717, 1.165) is 30.5 Å². The third kappa shape index (κ3) is 7.45. The predicted molar refractivity (Wildman–Crippen MR) is 155 cm³/mol. The van der Waals surface area contributed by atoms with Gasteiger partial charge in [-0.3, -0.25) is 9.59 Å². The average molecular weight is 532 g/mol. The Labute approximate surface area is 232 Å². The minimum atomic E-state index is -0.633. The molecule has 1 aliphatic carbocycles. The number of allylic oxidation sites excluding steroid dienone is 4. The van der Waals surface area contributed by atoms with Gasteiger partial charge in [0.15, 0.2) is 0 Å². The fraction of sp³-hybridized carbons (Fsp3) is 0.455. The minimum Gasteiger partial charge on any atom is -0.368 e. The summed E-state index contributed by atoms with van der Waals surface area (Å²) in [7, 11) is 2.06. The first-order chi connectivity index (χ1) is 18.8. The van der Waals surface area contributed by atoms with Gasteiger partial charge in [0.05, 0.1) is 11.7 Å². The van der Waals surface area contributed by atoms with Gasteiger partial charge in [0.2, 0.25) is 11.8 Å². The molecule has 0 radical (unpaired) electrons. The number of carbonyl (C=O) groups is 2. The maximum atomic E-state index is 14.1. The van der Waals surface area contributed by atoms with Crippen LogP contribution in [0, 0.1) is 5.92 Å². The van der Waals surface area contributed by atoms with Crippen LogP contribution in [-0.2, 0) is 9.59 Å². The van der Waals surface area contributed by atoms with E-state index in [-0.39, 0.29) is 17.8 Å². The Morgan fingerprint density at radius 1 is 1.03 bits per heavy atom. The van der Waals surface area contributed by atoms with Crippen LogP contribution >= 0.6 is 0 Å². The molecule has 2 aromatic carbocycles. The van der Waals surface area contributed by atoms with Gasteiger partial charge >= 0.3 is 0 Å². The van der Waals surface area contributed by atoms with Crippen LogP contribution in [0.15, 0.2) is 84.2 Å². The molecule has 2 fully saturated rings. The zero-order chi connectivity index (χ0) is 27.8. The molecule has 5 nitrogen and oxygen atoms in total. The van der Waals surface area contributed by atoms with Crippen LogP contribution in [0.3, 0.4) is 0 Å². The summed E-state index contributed by atoms with van der Waals surface area (Å²) in [6.07, 6.45) is 10.8. The van der Waals surface area contributed by atoms with E-state index in [1.54, 1.807) is 11.0 Å². The lowest BCUT2D eigenvalue weighted by atomic mass is 9.90. The van der Waals surface area contributed by atoms with E-state index < -0.39 is 17.9 Å². The van der Waals surface area contributed by atoms with Crippen molar-refractivity contribution in [2.24, 2.45) is 11.7 Å². The van der Waals surface area contributed by atoms with Gasteiger partial charge < -0.3 is 15.5 Å². The van der Waals surface area contributed by atoms with Crippen LogP contribution in [0.25, 0.3) is 0 Å². The minimum absolute atomic E-state index is 0.0468. The van der Waals surface area contributed by atoms with Crippen LogP contribution in [-0.4, -0.2) is 53.8 Å². The van der Waals surface area contributed by atoms with Crippen molar-refractivity contribution in [3.05, 3.63) is 95.3 Å². The number of hydrogen-bond acceptors (Lipinski definition) is 3. The van der Waals surface area contributed by atoms with Crippen LogP contribution < -0.4 is 5.73 Å². The molecule has 0 bridgehead atoms. The second-order valence-corrected chi connectivity index (χ2v) is 11.1. The molecule has 0 spiro atoms. The highest BCUT2D eigenvalue weighted by atomic mass is 19.1. The fourth-order valence-electron chi connectivity index (χ4n) is 6.24. The zero-order valence-corrected chi connectivity index (χ0v) is 23.3. The zero-order valence-electron chi connectivity index (χ0n) is 23.3. The van der Waals surface area contributed by atoms with Crippen LogP contribution in [0.4, 0.5) is 4.39 Å². The van der Waals surface area contributed by atoms with E-state index in [9.17, 15) is 14.0 Å². The monoisotopic (exact) mass is 531 g/mol. The van der Waals surface area contributed by atoms with E-state index >= 15 is 0 Å². The molecule has 0 unspecified atom stereocenters. The highest BCUT2D eigenvalue weighted by molar-refractivity contribution is 5.92. The van der Waals surface area contributed by atoms with Crippen molar-refractivity contribution in [1.82, 2.24) is 9.80 Å². The van der Waals surface area contributed by atoms with Gasteiger partial charge in [-0.15, -0.1) is 0 Å². The summed E-state index contributed by atoms with van der Waals surface area (Å²) in [6, 6.07) is 18.9. The Kier molecular flexibility index (Phi) is 10.1. The number of nitrogens with two attached hydrogens (primary N) is 1. The van der Waals surface area contributed by atoms with E-state index in [0.29, 0.717) is 18.9 Å². The Hall–Kier alpha value is -3.25. The second kappa shape index (κ2) is 13.7. The second-order valence-electron chi connectivity index (χ2n) is 11.1. The van der Waals surface area contributed by atoms with Crippen LogP contribution in [0.1, 0.15) is 68.9 Å². The highest BCUT2D eigenvalue weighted by Gasteiger charge is 2.42. The Morgan fingerprint density at radius 2 is 1.62 bits per heavy atom. The van der Waals surface area contributed by atoms with Gasteiger partial charge in [-0.2, -0.15) is 0 Å². The molecule has 1 saturated heterocycles. The average Bonchev–Trinajstić information content (AvgIpc) is 3.63. The lowest BCUT2D eigenvalue weighted by molar-refractivity contribution is -0.137. The molecule has 2 aromatic rings. The molecule has 2 atom stereocenters. The van der Waals surface area contributed by atoms with Crippen molar-refractivity contribution in [3.63, 3.8) is 0 Å². The van der Waals surface area contributed by atoms with Gasteiger partial charge in [-0.05, 0) is 75.7 Å². The Bertz CT molecular complexity index is 1110. The van der Waals surface area contributed by atoms with E-state index in [2.05, 4.69) is 11.9 Å². The molecule has 2 N–H and O–H groups in total. The first kappa shape index (κ1) is 28.8. The molecule has 1 saturated carbocycles. The van der Waals surface area contributed by atoms with Crippen molar-refractivity contribution in [3.8, 4) is 0 Å². The smallest absolute Gasteiger partial charge is 0.240 e. The number of likely N-dealkylation sites (N-methyl/N-ethyl adjacent to an activating group) is 1. The topological polar surface area (TPSA) is 66.6 Å². The Morgan fingerprint density at radius 3 is 2.15 bits per heavy atom. The molecule has 4 rings (SSSR count). The summed E-state index contributed by atoms with van der Waals surface area (Å²) in [4.78, 5) is 30.5. The number of nitrogens with zero attached hydrogens (tertiary/aromatic N) is 2. The standard InChI is InChI=1S/C33H42FN3O2/c1-24(34)19-20-26(25-12-9-10-13-25)18-11-21-36(2)29-22-30(32(35)38)37(23-29)33(39)31(27-14-5-3-6-15-27)28-16-7-4-8-17-28/h3-8,14-17,19-20,25,29-31H,9-13,18,21-23H2,1-2H3,(H2,35,38)/b24-19+,26-20-/t29-,30-/m0/s1. The summed E-state index contributed by atoms with van der Waals surface area (Å²) in [5.74, 6) is -0.659. The molecule has 1 aliphatic heterocycles. The first-order valence-electron chi connectivity index (χ1n) is 14.3. The maximum absolute atomic E-state index is 14.1. The van der Waals surface area contributed by atoms with Crippen molar-refractivity contribution in [2.75, 3.05) is 20.1 Å². The van der Waals surface area contributed by atoms with Crippen molar-refractivity contribution < 1.29 is 14.0 Å². The summed E-state index contributed by atoms with van der Waals surface area (Å²) in [6.45, 7) is 2.79. The summed E-state index contributed by atoms with van der Waals surface area (Å²) < 4.78 is 13.4. The van der Waals surface area contributed by atoms with Gasteiger partial charge in [0, 0.05) is 12.6 Å². The number of amides is 2. The molecule has 0 aromatic heterocycles. The SMILES string of the molecule is C/C(F)=C\C=C(\CCCN(C)[C@H]1C[C@@H](C(N)=O)N(C(=O)C(c2ccccc2)c2ccccc2)C1)C1CCCC1.